The molecule has 118 valence electrons. The Morgan fingerprint density at radius 1 is 1.27 bits per heavy atom. The molecule has 5 unspecified atom stereocenters. The molecular weight excluding hydrogens is 310 g/mol. The van der Waals surface area contributed by atoms with Crippen LogP contribution in [0.5, 0.6) is 0 Å². The minimum Gasteiger partial charge on any atom is -0.393 e. The standard InChI is InChI=1S/C19H24ClNS/c1-17(7-8-20)14-9-18(13-5-3-2-4-6-13)11-15(17)19(10-14,12-18)16(21)22/h2-6,14-15H,7-12H2,1H3,(H2,21,22). The molecule has 1 aromatic rings. The van der Waals surface area contributed by atoms with Crippen LogP contribution in [0.25, 0.3) is 0 Å². The second kappa shape index (κ2) is 4.70. The van der Waals surface area contributed by atoms with E-state index in [2.05, 4.69) is 37.3 Å². The molecule has 4 saturated carbocycles. The average Bonchev–Trinajstić information content (AvgIpc) is 2.86. The van der Waals surface area contributed by atoms with Crippen molar-refractivity contribution in [2.75, 3.05) is 5.88 Å². The Bertz CT molecular complexity index is 617. The predicted octanol–water partition coefficient (Wildman–Crippen LogP) is 4.67. The largest absolute Gasteiger partial charge is 0.393 e. The van der Waals surface area contributed by atoms with Crippen molar-refractivity contribution in [1.82, 2.24) is 0 Å². The van der Waals surface area contributed by atoms with Crippen molar-refractivity contribution in [3.63, 3.8) is 0 Å². The van der Waals surface area contributed by atoms with E-state index in [4.69, 9.17) is 29.6 Å². The Hall–Kier alpha value is -0.600. The van der Waals surface area contributed by atoms with E-state index in [9.17, 15) is 0 Å². The minimum absolute atomic E-state index is 0.0783. The van der Waals surface area contributed by atoms with Crippen LogP contribution in [-0.2, 0) is 5.41 Å². The number of nitrogens with two attached hydrogens (primary N) is 1. The van der Waals surface area contributed by atoms with Gasteiger partial charge in [0, 0.05) is 11.3 Å². The van der Waals surface area contributed by atoms with Crippen LogP contribution < -0.4 is 5.73 Å². The number of hydrogen-bond donors (Lipinski definition) is 1. The molecule has 4 bridgehead atoms. The summed E-state index contributed by atoms with van der Waals surface area (Å²) in [7, 11) is 0. The number of hydrogen-bond acceptors (Lipinski definition) is 1. The third kappa shape index (κ3) is 1.69. The van der Waals surface area contributed by atoms with E-state index in [0.29, 0.717) is 22.7 Å². The highest BCUT2D eigenvalue weighted by molar-refractivity contribution is 7.80. The van der Waals surface area contributed by atoms with Crippen LogP contribution in [0, 0.1) is 22.7 Å². The predicted molar refractivity (Wildman–Crippen MR) is 96.2 cm³/mol. The first kappa shape index (κ1) is 15.0. The van der Waals surface area contributed by atoms with E-state index in [-0.39, 0.29) is 5.41 Å². The highest BCUT2D eigenvalue weighted by Gasteiger charge is 2.72. The van der Waals surface area contributed by atoms with E-state index in [1.54, 1.807) is 0 Å². The molecule has 0 spiro atoms. The van der Waals surface area contributed by atoms with Gasteiger partial charge in [-0.3, -0.25) is 0 Å². The molecule has 0 aromatic heterocycles. The summed E-state index contributed by atoms with van der Waals surface area (Å²) < 4.78 is 0. The van der Waals surface area contributed by atoms with E-state index in [1.165, 1.54) is 24.8 Å². The molecule has 4 aliphatic carbocycles. The Labute approximate surface area is 143 Å². The van der Waals surface area contributed by atoms with Crippen molar-refractivity contribution in [1.29, 1.82) is 0 Å². The minimum atomic E-state index is 0.0783. The van der Waals surface area contributed by atoms with E-state index in [1.807, 2.05) is 0 Å². The zero-order chi connectivity index (χ0) is 15.6. The van der Waals surface area contributed by atoms with Crippen molar-refractivity contribution in [3.05, 3.63) is 35.9 Å². The van der Waals surface area contributed by atoms with Gasteiger partial charge in [0.25, 0.3) is 0 Å². The van der Waals surface area contributed by atoms with Crippen LogP contribution in [0.1, 0.15) is 44.6 Å². The lowest BCUT2D eigenvalue weighted by atomic mass is 9.57. The molecule has 1 aromatic carbocycles. The number of benzene rings is 1. The Morgan fingerprint density at radius 3 is 2.64 bits per heavy atom. The van der Waals surface area contributed by atoms with Gasteiger partial charge < -0.3 is 5.73 Å². The lowest BCUT2D eigenvalue weighted by Crippen LogP contribution is -2.41. The van der Waals surface area contributed by atoms with Gasteiger partial charge in [0.05, 0.1) is 4.99 Å². The van der Waals surface area contributed by atoms with Gasteiger partial charge in [-0.15, -0.1) is 11.6 Å². The zero-order valence-corrected chi connectivity index (χ0v) is 14.7. The molecule has 0 radical (unpaired) electrons. The fraction of sp³-hybridized carbons (Fsp3) is 0.632. The highest BCUT2D eigenvalue weighted by Crippen LogP contribution is 2.77. The third-order valence-electron chi connectivity index (χ3n) is 7.40. The molecule has 1 nitrogen and oxygen atoms in total. The molecule has 4 aliphatic rings. The number of halogens is 1. The summed E-state index contributed by atoms with van der Waals surface area (Å²) in [5, 5.41) is 0. The van der Waals surface area contributed by atoms with Crippen molar-refractivity contribution in [3.8, 4) is 0 Å². The van der Waals surface area contributed by atoms with Crippen molar-refractivity contribution in [2.24, 2.45) is 28.4 Å². The molecule has 5 atom stereocenters. The first-order valence-corrected chi connectivity index (χ1v) is 9.33. The molecule has 5 rings (SSSR count). The molecule has 0 saturated heterocycles. The molecule has 3 heteroatoms. The fourth-order valence-electron chi connectivity index (χ4n) is 6.42. The van der Waals surface area contributed by atoms with Crippen molar-refractivity contribution in [2.45, 2.75) is 44.4 Å². The van der Waals surface area contributed by atoms with Gasteiger partial charge in [0.15, 0.2) is 0 Å². The lowest BCUT2D eigenvalue weighted by Gasteiger charge is -2.47. The van der Waals surface area contributed by atoms with Gasteiger partial charge in [-0.2, -0.15) is 0 Å². The van der Waals surface area contributed by atoms with Crippen LogP contribution in [-0.4, -0.2) is 10.9 Å². The van der Waals surface area contributed by atoms with Crippen molar-refractivity contribution >= 4 is 28.8 Å². The first-order valence-electron chi connectivity index (χ1n) is 8.38. The second-order valence-electron chi connectivity index (χ2n) is 8.15. The molecule has 2 N–H and O–H groups in total. The van der Waals surface area contributed by atoms with E-state index < -0.39 is 0 Å². The number of thiocarbonyl (C=S) groups is 1. The Kier molecular flexibility index (Phi) is 3.20. The SMILES string of the molecule is CC1(CCCl)C2CC3(c4ccccc4)CC1C(C(N)=S)(C2)C3. The number of rotatable bonds is 4. The zero-order valence-electron chi connectivity index (χ0n) is 13.1. The third-order valence-corrected chi connectivity index (χ3v) is 8.00. The molecule has 0 heterocycles. The van der Waals surface area contributed by atoms with Gasteiger partial charge in [0.2, 0.25) is 0 Å². The summed E-state index contributed by atoms with van der Waals surface area (Å²) in [6.07, 6.45) is 5.95. The first-order chi connectivity index (χ1) is 10.5. The quantitative estimate of drug-likeness (QED) is 0.640. The summed E-state index contributed by atoms with van der Waals surface area (Å²) in [6, 6.07) is 11.1. The summed E-state index contributed by atoms with van der Waals surface area (Å²) in [4.78, 5) is 0.762. The van der Waals surface area contributed by atoms with Crippen LogP contribution in [0.15, 0.2) is 30.3 Å². The van der Waals surface area contributed by atoms with Gasteiger partial charge in [-0.1, -0.05) is 49.5 Å². The molecule has 0 aliphatic heterocycles. The maximum absolute atomic E-state index is 6.31. The van der Waals surface area contributed by atoms with Gasteiger partial charge >= 0.3 is 0 Å². The summed E-state index contributed by atoms with van der Waals surface area (Å²) in [5.41, 5.74) is 8.50. The second-order valence-corrected chi connectivity index (χ2v) is 8.97. The molecule has 0 amide bonds. The monoisotopic (exact) mass is 333 g/mol. The smallest absolute Gasteiger partial charge is 0.0793 e. The van der Waals surface area contributed by atoms with Gasteiger partial charge in [0.1, 0.15) is 0 Å². The van der Waals surface area contributed by atoms with Gasteiger partial charge in [-0.05, 0) is 60.3 Å². The average molecular weight is 334 g/mol. The van der Waals surface area contributed by atoms with Crippen LogP contribution in [0.2, 0.25) is 0 Å². The van der Waals surface area contributed by atoms with Gasteiger partial charge in [-0.25, -0.2) is 0 Å². The van der Waals surface area contributed by atoms with Crippen LogP contribution in [0.3, 0.4) is 0 Å². The summed E-state index contributed by atoms with van der Waals surface area (Å²) >= 11 is 11.7. The number of alkyl halides is 1. The Balaban J connectivity index is 1.81. The molecular formula is C19H24ClNS. The van der Waals surface area contributed by atoms with Crippen LogP contribution in [0.4, 0.5) is 0 Å². The topological polar surface area (TPSA) is 26.0 Å². The van der Waals surface area contributed by atoms with E-state index >= 15 is 0 Å². The highest BCUT2D eigenvalue weighted by atomic mass is 35.5. The molecule has 22 heavy (non-hydrogen) atoms. The maximum atomic E-state index is 6.31. The Morgan fingerprint density at radius 2 is 2.00 bits per heavy atom. The normalized spacial score (nSPS) is 45.4. The van der Waals surface area contributed by atoms with E-state index in [0.717, 1.165) is 23.7 Å². The lowest BCUT2D eigenvalue weighted by molar-refractivity contribution is 0.0685. The van der Waals surface area contributed by atoms with Crippen molar-refractivity contribution < 1.29 is 0 Å². The summed E-state index contributed by atoms with van der Waals surface area (Å²) in [6.45, 7) is 2.45. The van der Waals surface area contributed by atoms with Crippen LogP contribution >= 0.6 is 23.8 Å². The fourth-order valence-corrected chi connectivity index (χ4v) is 7.13. The molecule has 4 fully saturated rings. The maximum Gasteiger partial charge on any atom is 0.0793 e. The summed E-state index contributed by atoms with van der Waals surface area (Å²) in [5.74, 6) is 2.06.